The lowest BCUT2D eigenvalue weighted by Gasteiger charge is -2.07. The van der Waals surface area contributed by atoms with Crippen LogP contribution in [0.4, 0.5) is 5.69 Å². The largest absolute Gasteiger partial charge is 0.463 e. The SMILES string of the molecule is CC(C)OC(=O)CCC(=O)c1cccc(Cl)c1[N+](=O)[O-]. The number of ketones is 1. The standard InChI is InChI=1S/C13H14ClNO5/c1-8(2)20-12(17)7-6-11(16)9-4-3-5-10(14)13(9)15(18)19/h3-5,8H,6-7H2,1-2H3. The van der Waals surface area contributed by atoms with Crippen molar-refractivity contribution in [3.05, 3.63) is 38.9 Å². The van der Waals surface area contributed by atoms with E-state index in [9.17, 15) is 19.7 Å². The molecule has 20 heavy (non-hydrogen) atoms. The van der Waals surface area contributed by atoms with Gasteiger partial charge in [0.15, 0.2) is 5.78 Å². The van der Waals surface area contributed by atoms with Crippen molar-refractivity contribution >= 4 is 29.0 Å². The summed E-state index contributed by atoms with van der Waals surface area (Å²) in [5, 5.41) is 10.8. The average molecular weight is 300 g/mol. The van der Waals surface area contributed by atoms with E-state index in [4.69, 9.17) is 16.3 Å². The van der Waals surface area contributed by atoms with Crippen molar-refractivity contribution in [1.82, 2.24) is 0 Å². The van der Waals surface area contributed by atoms with Crippen LogP contribution in [0.3, 0.4) is 0 Å². The highest BCUT2D eigenvalue weighted by atomic mass is 35.5. The first kappa shape index (κ1) is 16.1. The normalized spacial score (nSPS) is 10.4. The molecule has 0 fully saturated rings. The molecule has 0 amide bonds. The van der Waals surface area contributed by atoms with E-state index in [1.807, 2.05) is 0 Å². The summed E-state index contributed by atoms with van der Waals surface area (Å²) >= 11 is 5.71. The van der Waals surface area contributed by atoms with Gasteiger partial charge in [-0.25, -0.2) is 0 Å². The highest BCUT2D eigenvalue weighted by Crippen LogP contribution is 2.29. The van der Waals surface area contributed by atoms with E-state index in [0.29, 0.717) is 0 Å². The molecule has 0 radical (unpaired) electrons. The third-order valence-corrected chi connectivity index (χ3v) is 2.70. The van der Waals surface area contributed by atoms with Gasteiger partial charge in [-0.05, 0) is 26.0 Å². The van der Waals surface area contributed by atoms with Crippen LogP contribution in [0.1, 0.15) is 37.0 Å². The number of carbonyl (C=O) groups is 2. The number of ether oxygens (including phenoxy) is 1. The van der Waals surface area contributed by atoms with Gasteiger partial charge < -0.3 is 4.74 Å². The zero-order valence-electron chi connectivity index (χ0n) is 11.1. The molecule has 1 aromatic carbocycles. The lowest BCUT2D eigenvalue weighted by molar-refractivity contribution is -0.385. The molecule has 0 bridgehead atoms. The minimum absolute atomic E-state index is 0.0974. The topological polar surface area (TPSA) is 86.5 Å². The molecule has 108 valence electrons. The van der Waals surface area contributed by atoms with Gasteiger partial charge in [-0.2, -0.15) is 0 Å². The molecule has 0 aromatic heterocycles. The third kappa shape index (κ3) is 4.31. The maximum absolute atomic E-state index is 11.9. The monoisotopic (exact) mass is 299 g/mol. The van der Waals surface area contributed by atoms with E-state index in [2.05, 4.69) is 0 Å². The highest BCUT2D eigenvalue weighted by molar-refractivity contribution is 6.33. The van der Waals surface area contributed by atoms with Crippen LogP contribution in [0.5, 0.6) is 0 Å². The van der Waals surface area contributed by atoms with Gasteiger partial charge >= 0.3 is 5.97 Å². The molecule has 0 aliphatic heterocycles. The molecular weight excluding hydrogens is 286 g/mol. The van der Waals surface area contributed by atoms with Gasteiger partial charge in [0, 0.05) is 6.42 Å². The van der Waals surface area contributed by atoms with Gasteiger partial charge in [0.2, 0.25) is 0 Å². The molecule has 1 rings (SSSR count). The Labute approximate surface area is 120 Å². The quantitative estimate of drug-likeness (QED) is 0.348. The van der Waals surface area contributed by atoms with E-state index in [1.54, 1.807) is 13.8 Å². The summed E-state index contributed by atoms with van der Waals surface area (Å²) in [5.74, 6) is -1.03. The minimum atomic E-state index is -0.706. The van der Waals surface area contributed by atoms with Crippen LogP contribution in [0.25, 0.3) is 0 Å². The molecular formula is C13H14ClNO5. The fraction of sp³-hybridized carbons (Fsp3) is 0.385. The number of halogens is 1. The lowest BCUT2D eigenvalue weighted by atomic mass is 10.0. The number of para-hydroxylation sites is 1. The fourth-order valence-electron chi connectivity index (χ4n) is 1.60. The number of Topliss-reactive ketones (excluding diaryl/α,β-unsaturated/α-hetero) is 1. The Morgan fingerprint density at radius 1 is 1.35 bits per heavy atom. The van der Waals surface area contributed by atoms with E-state index >= 15 is 0 Å². The molecule has 0 saturated carbocycles. The second-order valence-electron chi connectivity index (χ2n) is 4.35. The van der Waals surface area contributed by atoms with Crippen LogP contribution in [0, 0.1) is 10.1 Å². The van der Waals surface area contributed by atoms with Crippen LogP contribution >= 0.6 is 11.6 Å². The summed E-state index contributed by atoms with van der Waals surface area (Å²) < 4.78 is 4.89. The second kappa shape index (κ2) is 7.00. The smallest absolute Gasteiger partial charge is 0.306 e. The fourth-order valence-corrected chi connectivity index (χ4v) is 1.84. The zero-order chi connectivity index (χ0) is 15.3. The predicted molar refractivity (Wildman–Crippen MR) is 72.9 cm³/mol. The van der Waals surface area contributed by atoms with Crippen LogP contribution < -0.4 is 0 Å². The molecule has 0 N–H and O–H groups in total. The molecule has 0 aliphatic rings. The van der Waals surface area contributed by atoms with Crippen LogP contribution in [0.15, 0.2) is 18.2 Å². The maximum Gasteiger partial charge on any atom is 0.306 e. The summed E-state index contributed by atoms with van der Waals surface area (Å²) in [7, 11) is 0. The van der Waals surface area contributed by atoms with Crippen LogP contribution in [-0.4, -0.2) is 22.8 Å². The van der Waals surface area contributed by atoms with Crippen molar-refractivity contribution in [3.8, 4) is 0 Å². The van der Waals surface area contributed by atoms with Crippen molar-refractivity contribution in [3.63, 3.8) is 0 Å². The number of rotatable bonds is 6. The number of hydrogen-bond acceptors (Lipinski definition) is 5. The summed E-state index contributed by atoms with van der Waals surface area (Å²) in [5.41, 5.74) is -0.531. The maximum atomic E-state index is 11.9. The molecule has 7 heteroatoms. The van der Waals surface area contributed by atoms with Gasteiger partial charge in [-0.3, -0.25) is 19.7 Å². The summed E-state index contributed by atoms with van der Waals surface area (Å²) in [6.45, 7) is 3.39. The lowest BCUT2D eigenvalue weighted by Crippen LogP contribution is -2.13. The Bertz CT molecular complexity index is 542. The summed E-state index contributed by atoms with van der Waals surface area (Å²) in [4.78, 5) is 33.5. The number of nitro benzene ring substituents is 1. The number of nitrogens with zero attached hydrogens (tertiary/aromatic N) is 1. The van der Waals surface area contributed by atoms with E-state index < -0.39 is 22.4 Å². The van der Waals surface area contributed by atoms with E-state index in [1.165, 1.54) is 18.2 Å². The van der Waals surface area contributed by atoms with Crippen molar-refractivity contribution in [2.24, 2.45) is 0 Å². The Kier molecular flexibility index (Phi) is 5.64. The van der Waals surface area contributed by atoms with Gasteiger partial charge in [-0.1, -0.05) is 17.7 Å². The Morgan fingerprint density at radius 2 is 2.00 bits per heavy atom. The summed E-state index contributed by atoms with van der Waals surface area (Å²) in [6.07, 6.45) is -0.550. The van der Waals surface area contributed by atoms with Crippen molar-refractivity contribution in [1.29, 1.82) is 0 Å². The molecule has 0 spiro atoms. The second-order valence-corrected chi connectivity index (χ2v) is 4.76. The number of nitro groups is 1. The average Bonchev–Trinajstić information content (AvgIpc) is 2.34. The molecule has 0 saturated heterocycles. The van der Waals surface area contributed by atoms with Gasteiger partial charge in [0.05, 0.1) is 23.0 Å². The molecule has 0 heterocycles. The van der Waals surface area contributed by atoms with Gasteiger partial charge in [0.25, 0.3) is 5.69 Å². The zero-order valence-corrected chi connectivity index (χ0v) is 11.8. The van der Waals surface area contributed by atoms with Gasteiger partial charge in [-0.15, -0.1) is 0 Å². The van der Waals surface area contributed by atoms with Crippen LogP contribution in [-0.2, 0) is 9.53 Å². The van der Waals surface area contributed by atoms with Crippen LogP contribution in [0.2, 0.25) is 5.02 Å². The molecule has 0 atom stereocenters. The van der Waals surface area contributed by atoms with Crippen molar-refractivity contribution in [2.75, 3.05) is 0 Å². The Morgan fingerprint density at radius 3 is 2.55 bits per heavy atom. The van der Waals surface area contributed by atoms with E-state index in [-0.39, 0.29) is 29.5 Å². The first-order chi connectivity index (χ1) is 9.32. The Balaban J connectivity index is 2.81. The van der Waals surface area contributed by atoms with Gasteiger partial charge in [0.1, 0.15) is 5.02 Å². The highest BCUT2D eigenvalue weighted by Gasteiger charge is 2.23. The summed E-state index contributed by atoms with van der Waals surface area (Å²) in [6, 6.07) is 4.11. The molecule has 6 nitrogen and oxygen atoms in total. The predicted octanol–water partition coefficient (Wildman–Crippen LogP) is 3.16. The van der Waals surface area contributed by atoms with Crippen molar-refractivity contribution in [2.45, 2.75) is 32.8 Å². The molecule has 0 aliphatic carbocycles. The van der Waals surface area contributed by atoms with Crippen molar-refractivity contribution < 1.29 is 19.2 Å². The van der Waals surface area contributed by atoms with E-state index in [0.717, 1.165) is 0 Å². The number of benzene rings is 1. The third-order valence-electron chi connectivity index (χ3n) is 2.39. The number of carbonyl (C=O) groups excluding carboxylic acids is 2. The molecule has 1 aromatic rings. The first-order valence-electron chi connectivity index (χ1n) is 5.98. The number of hydrogen-bond donors (Lipinski definition) is 0. The number of esters is 1. The minimum Gasteiger partial charge on any atom is -0.463 e. The first-order valence-corrected chi connectivity index (χ1v) is 6.36. The Hall–Kier alpha value is -1.95. The molecule has 0 unspecified atom stereocenters.